The van der Waals surface area contributed by atoms with Gasteiger partial charge in [0, 0.05) is 5.56 Å². The first-order chi connectivity index (χ1) is 9.00. The number of benzene rings is 1. The van der Waals surface area contributed by atoms with Gasteiger partial charge in [0.25, 0.3) is 5.91 Å². The molecule has 1 amide bonds. The standard InChI is InChI=1S/C13H13N3O2S/c1-7-4-3-5-9(10(7)12(14)19)16-13(17)11-8(2)15-6-18-11/h3-6H,1-2H3,(H2,14,19)(H,16,17). The van der Waals surface area contributed by atoms with Gasteiger partial charge in [-0.2, -0.15) is 0 Å². The maximum atomic E-state index is 12.1. The van der Waals surface area contributed by atoms with Crippen molar-refractivity contribution in [2.45, 2.75) is 13.8 Å². The largest absolute Gasteiger partial charge is 0.438 e. The molecule has 0 saturated carbocycles. The van der Waals surface area contributed by atoms with Gasteiger partial charge in [0.05, 0.1) is 11.4 Å². The smallest absolute Gasteiger partial charge is 0.293 e. The first kappa shape index (κ1) is 13.2. The first-order valence-corrected chi connectivity index (χ1v) is 6.02. The minimum atomic E-state index is -0.377. The molecule has 98 valence electrons. The summed E-state index contributed by atoms with van der Waals surface area (Å²) in [6.07, 6.45) is 1.23. The van der Waals surface area contributed by atoms with Crippen LogP contribution in [0.15, 0.2) is 29.0 Å². The molecule has 5 nitrogen and oxygen atoms in total. The molecule has 0 bridgehead atoms. The fourth-order valence-electron chi connectivity index (χ4n) is 1.80. The molecule has 0 saturated heterocycles. The van der Waals surface area contributed by atoms with Crippen LogP contribution in [0, 0.1) is 13.8 Å². The highest BCUT2D eigenvalue weighted by Crippen LogP contribution is 2.20. The number of carbonyl (C=O) groups is 1. The van der Waals surface area contributed by atoms with Crippen molar-refractivity contribution in [2.75, 3.05) is 5.32 Å². The lowest BCUT2D eigenvalue weighted by molar-refractivity contribution is 0.0996. The van der Waals surface area contributed by atoms with Gasteiger partial charge in [-0.1, -0.05) is 24.4 Å². The lowest BCUT2D eigenvalue weighted by atomic mass is 10.1. The van der Waals surface area contributed by atoms with Crippen molar-refractivity contribution in [3.8, 4) is 0 Å². The predicted molar refractivity (Wildman–Crippen MR) is 76.3 cm³/mol. The molecule has 0 radical (unpaired) electrons. The van der Waals surface area contributed by atoms with Gasteiger partial charge in [-0.15, -0.1) is 0 Å². The maximum absolute atomic E-state index is 12.1. The van der Waals surface area contributed by atoms with Crippen molar-refractivity contribution in [3.05, 3.63) is 47.2 Å². The van der Waals surface area contributed by atoms with Gasteiger partial charge in [0.2, 0.25) is 5.76 Å². The molecule has 0 aliphatic carbocycles. The molecular weight excluding hydrogens is 262 g/mol. The SMILES string of the molecule is Cc1cccc(NC(=O)c2ocnc2C)c1C(N)=S. The number of carbonyl (C=O) groups excluding carboxylic acids is 1. The molecule has 0 aliphatic rings. The number of rotatable bonds is 3. The Labute approximate surface area is 115 Å². The van der Waals surface area contributed by atoms with Crippen LogP contribution in [0.5, 0.6) is 0 Å². The van der Waals surface area contributed by atoms with Crippen LogP contribution in [0.25, 0.3) is 0 Å². The molecule has 2 rings (SSSR count). The zero-order valence-electron chi connectivity index (χ0n) is 10.6. The molecule has 6 heteroatoms. The third-order valence-corrected chi connectivity index (χ3v) is 2.92. The summed E-state index contributed by atoms with van der Waals surface area (Å²) in [5.74, 6) is -0.200. The summed E-state index contributed by atoms with van der Waals surface area (Å²) >= 11 is 5.01. The number of thiocarbonyl (C=S) groups is 1. The Morgan fingerprint density at radius 3 is 2.74 bits per heavy atom. The predicted octanol–water partition coefficient (Wildman–Crippen LogP) is 2.18. The average molecular weight is 275 g/mol. The van der Waals surface area contributed by atoms with Gasteiger partial charge in [0.1, 0.15) is 4.99 Å². The Kier molecular flexibility index (Phi) is 3.62. The Balaban J connectivity index is 2.35. The van der Waals surface area contributed by atoms with E-state index in [9.17, 15) is 4.79 Å². The Morgan fingerprint density at radius 1 is 1.42 bits per heavy atom. The minimum Gasteiger partial charge on any atom is -0.438 e. The van der Waals surface area contributed by atoms with Gasteiger partial charge in [0.15, 0.2) is 6.39 Å². The second-order valence-corrected chi connectivity index (χ2v) is 4.52. The van der Waals surface area contributed by atoms with E-state index in [1.807, 2.05) is 19.1 Å². The highest BCUT2D eigenvalue weighted by molar-refractivity contribution is 7.80. The molecule has 1 aromatic carbocycles. The summed E-state index contributed by atoms with van der Waals surface area (Å²) in [6, 6.07) is 5.44. The van der Waals surface area contributed by atoms with Crippen LogP contribution in [-0.2, 0) is 0 Å². The lowest BCUT2D eigenvalue weighted by Gasteiger charge is -2.11. The summed E-state index contributed by atoms with van der Waals surface area (Å²) in [7, 11) is 0. The number of nitrogens with zero attached hydrogens (tertiary/aromatic N) is 1. The van der Waals surface area contributed by atoms with Crippen LogP contribution < -0.4 is 11.1 Å². The Bertz CT molecular complexity index is 649. The monoisotopic (exact) mass is 275 g/mol. The Hall–Kier alpha value is -2.21. The van der Waals surface area contributed by atoms with Crippen LogP contribution in [0.2, 0.25) is 0 Å². The van der Waals surface area contributed by atoms with Gasteiger partial charge in [-0.05, 0) is 25.5 Å². The zero-order chi connectivity index (χ0) is 14.0. The zero-order valence-corrected chi connectivity index (χ0v) is 11.4. The molecule has 3 N–H and O–H groups in total. The van der Waals surface area contributed by atoms with E-state index in [1.54, 1.807) is 13.0 Å². The number of nitrogens with two attached hydrogens (primary N) is 1. The molecule has 19 heavy (non-hydrogen) atoms. The number of hydrogen-bond donors (Lipinski definition) is 2. The summed E-state index contributed by atoms with van der Waals surface area (Å²) in [5.41, 5.74) is 8.33. The number of aromatic nitrogens is 1. The van der Waals surface area contributed by atoms with Crippen molar-refractivity contribution < 1.29 is 9.21 Å². The van der Waals surface area contributed by atoms with Crippen LogP contribution >= 0.6 is 12.2 Å². The Morgan fingerprint density at radius 2 is 2.16 bits per heavy atom. The van der Waals surface area contributed by atoms with Crippen molar-refractivity contribution in [2.24, 2.45) is 5.73 Å². The van der Waals surface area contributed by atoms with Gasteiger partial charge in [-0.3, -0.25) is 4.79 Å². The number of hydrogen-bond acceptors (Lipinski definition) is 4. The lowest BCUT2D eigenvalue weighted by Crippen LogP contribution is -2.19. The summed E-state index contributed by atoms with van der Waals surface area (Å²) in [6.45, 7) is 3.58. The first-order valence-electron chi connectivity index (χ1n) is 5.61. The summed E-state index contributed by atoms with van der Waals surface area (Å²) in [4.78, 5) is 16.2. The van der Waals surface area contributed by atoms with Crippen LogP contribution in [0.3, 0.4) is 0 Å². The summed E-state index contributed by atoms with van der Waals surface area (Å²) in [5, 5.41) is 2.74. The summed E-state index contributed by atoms with van der Waals surface area (Å²) < 4.78 is 5.04. The molecule has 1 aromatic heterocycles. The van der Waals surface area contributed by atoms with E-state index in [1.165, 1.54) is 6.39 Å². The molecule has 0 spiro atoms. The molecule has 1 heterocycles. The average Bonchev–Trinajstić information content (AvgIpc) is 2.75. The quantitative estimate of drug-likeness (QED) is 0.839. The van der Waals surface area contributed by atoms with E-state index in [2.05, 4.69) is 10.3 Å². The molecule has 0 atom stereocenters. The third kappa shape index (κ3) is 2.63. The van der Waals surface area contributed by atoms with Crippen LogP contribution in [0.1, 0.15) is 27.4 Å². The van der Waals surface area contributed by atoms with Crippen molar-refractivity contribution in [1.82, 2.24) is 4.98 Å². The molecule has 0 aliphatic heterocycles. The number of oxazole rings is 1. The van der Waals surface area contributed by atoms with Crippen molar-refractivity contribution in [1.29, 1.82) is 0 Å². The number of aryl methyl sites for hydroxylation is 2. The van der Waals surface area contributed by atoms with Crippen molar-refractivity contribution >= 4 is 28.8 Å². The number of nitrogens with one attached hydrogen (secondary N) is 1. The highest BCUT2D eigenvalue weighted by atomic mass is 32.1. The van der Waals surface area contributed by atoms with E-state index in [4.69, 9.17) is 22.4 Å². The van der Waals surface area contributed by atoms with Crippen molar-refractivity contribution in [3.63, 3.8) is 0 Å². The minimum absolute atomic E-state index is 0.176. The van der Waals surface area contributed by atoms with Crippen LogP contribution in [-0.4, -0.2) is 15.9 Å². The van der Waals surface area contributed by atoms with Gasteiger partial charge in [-0.25, -0.2) is 4.98 Å². The normalized spacial score (nSPS) is 10.2. The van der Waals surface area contributed by atoms with Crippen LogP contribution in [0.4, 0.5) is 5.69 Å². The van der Waals surface area contributed by atoms with E-state index in [-0.39, 0.29) is 16.7 Å². The van der Waals surface area contributed by atoms with E-state index >= 15 is 0 Å². The highest BCUT2D eigenvalue weighted by Gasteiger charge is 2.16. The van der Waals surface area contributed by atoms with Gasteiger partial charge < -0.3 is 15.5 Å². The van der Waals surface area contributed by atoms with E-state index < -0.39 is 0 Å². The third-order valence-electron chi connectivity index (χ3n) is 2.72. The fraction of sp³-hybridized carbons (Fsp3) is 0.154. The molecular formula is C13H13N3O2S. The number of anilines is 1. The topological polar surface area (TPSA) is 81.2 Å². The van der Waals surface area contributed by atoms with E-state index in [0.29, 0.717) is 16.9 Å². The maximum Gasteiger partial charge on any atom is 0.293 e. The fourth-order valence-corrected chi connectivity index (χ4v) is 2.07. The second-order valence-electron chi connectivity index (χ2n) is 4.08. The molecule has 0 fully saturated rings. The second kappa shape index (κ2) is 5.19. The number of amides is 1. The molecule has 0 unspecified atom stereocenters. The molecule has 2 aromatic rings. The van der Waals surface area contributed by atoms with Gasteiger partial charge >= 0.3 is 0 Å². The van der Waals surface area contributed by atoms with E-state index in [0.717, 1.165) is 5.56 Å².